The molecule has 2 rings (SSSR count). The van der Waals surface area contributed by atoms with Gasteiger partial charge in [-0.05, 0) is 50.6 Å². The fourth-order valence-corrected chi connectivity index (χ4v) is 4.46. The van der Waals surface area contributed by atoms with Crippen molar-refractivity contribution in [3.63, 3.8) is 0 Å². The highest BCUT2D eigenvalue weighted by Crippen LogP contribution is 2.31. The minimum Gasteiger partial charge on any atom is -0.497 e. The van der Waals surface area contributed by atoms with Crippen molar-refractivity contribution >= 4 is 27.6 Å². The Bertz CT molecular complexity index is 1020. The largest absolute Gasteiger partial charge is 0.497 e. The molecular formula is C22H27NO7S. The maximum atomic E-state index is 13.5. The van der Waals surface area contributed by atoms with Crippen LogP contribution in [0.5, 0.6) is 5.75 Å². The van der Waals surface area contributed by atoms with Gasteiger partial charge in [-0.25, -0.2) is 13.2 Å². The van der Waals surface area contributed by atoms with E-state index in [2.05, 4.69) is 0 Å². The van der Waals surface area contributed by atoms with Gasteiger partial charge in [0.05, 0.1) is 37.0 Å². The van der Waals surface area contributed by atoms with E-state index in [1.807, 2.05) is 6.92 Å². The molecule has 0 aromatic heterocycles. The molecule has 0 amide bonds. The molecule has 2 aromatic carbocycles. The van der Waals surface area contributed by atoms with Crippen molar-refractivity contribution in [3.05, 3.63) is 53.6 Å². The maximum absolute atomic E-state index is 13.5. The quantitative estimate of drug-likeness (QED) is 0.513. The SMILES string of the molecule is CCOC(=O)CCCN(c1ccc(OC)cc1C(=O)OC)S(=O)(=O)c1ccc(C)cc1. The Kier molecular flexibility index (Phi) is 8.44. The van der Waals surface area contributed by atoms with Crippen LogP contribution in [-0.2, 0) is 24.3 Å². The van der Waals surface area contributed by atoms with E-state index in [1.54, 1.807) is 25.1 Å². The normalized spacial score (nSPS) is 11.0. The molecule has 9 heteroatoms. The van der Waals surface area contributed by atoms with Crippen molar-refractivity contribution in [1.29, 1.82) is 0 Å². The van der Waals surface area contributed by atoms with Gasteiger partial charge in [0.2, 0.25) is 0 Å². The lowest BCUT2D eigenvalue weighted by atomic mass is 10.1. The smallest absolute Gasteiger partial charge is 0.340 e. The first-order chi connectivity index (χ1) is 14.7. The molecular weight excluding hydrogens is 422 g/mol. The van der Waals surface area contributed by atoms with E-state index in [-0.39, 0.29) is 42.1 Å². The second-order valence-corrected chi connectivity index (χ2v) is 8.54. The van der Waals surface area contributed by atoms with E-state index in [0.717, 1.165) is 9.87 Å². The average Bonchev–Trinajstić information content (AvgIpc) is 2.76. The molecule has 0 radical (unpaired) electrons. The fourth-order valence-electron chi connectivity index (χ4n) is 2.94. The van der Waals surface area contributed by atoms with Crippen molar-refractivity contribution < 1.29 is 32.2 Å². The standard InChI is InChI=1S/C22H27NO7S/c1-5-30-21(24)7-6-14-23(31(26,27)18-11-8-16(2)9-12-18)20-13-10-17(28-3)15-19(20)22(25)29-4/h8-13,15H,5-7,14H2,1-4H3. The number of carbonyl (C=O) groups excluding carboxylic acids is 2. The summed E-state index contributed by atoms with van der Waals surface area (Å²) in [5.41, 5.74) is 1.08. The average molecular weight is 450 g/mol. The summed E-state index contributed by atoms with van der Waals surface area (Å²) in [5.74, 6) is -0.745. The monoisotopic (exact) mass is 449 g/mol. The summed E-state index contributed by atoms with van der Waals surface area (Å²) >= 11 is 0. The molecule has 0 saturated heterocycles. The zero-order chi connectivity index (χ0) is 23.0. The highest BCUT2D eigenvalue weighted by molar-refractivity contribution is 7.92. The molecule has 0 atom stereocenters. The second-order valence-electron chi connectivity index (χ2n) is 6.67. The number of benzene rings is 2. The number of esters is 2. The van der Waals surface area contributed by atoms with Crippen molar-refractivity contribution in [2.45, 2.75) is 31.6 Å². The summed E-state index contributed by atoms with van der Waals surface area (Å²) < 4.78 is 43.0. The number of anilines is 1. The van der Waals surface area contributed by atoms with Crippen molar-refractivity contribution in [2.24, 2.45) is 0 Å². The number of aryl methyl sites for hydroxylation is 1. The van der Waals surface area contributed by atoms with Crippen molar-refractivity contribution in [3.8, 4) is 5.75 Å². The van der Waals surface area contributed by atoms with Crippen LogP contribution in [0.4, 0.5) is 5.69 Å². The molecule has 0 spiro atoms. The van der Waals surface area contributed by atoms with E-state index >= 15 is 0 Å². The molecule has 0 N–H and O–H groups in total. The predicted molar refractivity (Wildman–Crippen MR) is 116 cm³/mol. The third-order valence-corrected chi connectivity index (χ3v) is 6.36. The van der Waals surface area contributed by atoms with E-state index in [4.69, 9.17) is 14.2 Å². The zero-order valence-corrected chi connectivity index (χ0v) is 18.9. The Hall–Kier alpha value is -3.07. The Labute approximate surface area is 182 Å². The predicted octanol–water partition coefficient (Wildman–Crippen LogP) is 3.33. The molecule has 31 heavy (non-hydrogen) atoms. The van der Waals surface area contributed by atoms with Crippen LogP contribution in [0, 0.1) is 6.92 Å². The molecule has 0 saturated carbocycles. The van der Waals surface area contributed by atoms with Gasteiger partial charge in [-0.1, -0.05) is 17.7 Å². The first-order valence-electron chi connectivity index (χ1n) is 9.76. The molecule has 0 fully saturated rings. The molecule has 0 aliphatic heterocycles. The van der Waals surface area contributed by atoms with Crippen LogP contribution in [-0.4, -0.2) is 47.7 Å². The lowest BCUT2D eigenvalue weighted by Gasteiger charge is -2.26. The highest BCUT2D eigenvalue weighted by atomic mass is 32.2. The number of hydrogen-bond acceptors (Lipinski definition) is 7. The molecule has 0 aliphatic rings. The van der Waals surface area contributed by atoms with Gasteiger partial charge in [0.25, 0.3) is 10.0 Å². The molecule has 2 aromatic rings. The van der Waals surface area contributed by atoms with Gasteiger partial charge in [-0.15, -0.1) is 0 Å². The Morgan fingerprint density at radius 2 is 1.71 bits per heavy atom. The number of ether oxygens (including phenoxy) is 3. The molecule has 168 valence electrons. The molecule has 0 aliphatic carbocycles. The summed E-state index contributed by atoms with van der Waals surface area (Å²) in [4.78, 5) is 24.2. The number of nitrogens with zero attached hydrogens (tertiary/aromatic N) is 1. The van der Waals surface area contributed by atoms with Crippen LogP contribution in [0.2, 0.25) is 0 Å². The van der Waals surface area contributed by atoms with Gasteiger partial charge in [0.15, 0.2) is 0 Å². The minimum atomic E-state index is -4.03. The molecule has 8 nitrogen and oxygen atoms in total. The van der Waals surface area contributed by atoms with E-state index < -0.39 is 22.0 Å². The topological polar surface area (TPSA) is 99.2 Å². The first kappa shape index (κ1) is 24.2. The molecule has 0 bridgehead atoms. The lowest BCUT2D eigenvalue weighted by molar-refractivity contribution is -0.143. The number of rotatable bonds is 10. The van der Waals surface area contributed by atoms with Gasteiger partial charge in [0.1, 0.15) is 5.75 Å². The van der Waals surface area contributed by atoms with Crippen LogP contribution in [0.3, 0.4) is 0 Å². The summed E-state index contributed by atoms with van der Waals surface area (Å²) in [6.07, 6.45) is 0.244. The number of sulfonamides is 1. The third-order valence-electron chi connectivity index (χ3n) is 4.53. The van der Waals surface area contributed by atoms with Crippen LogP contribution in [0.1, 0.15) is 35.7 Å². The van der Waals surface area contributed by atoms with Gasteiger partial charge >= 0.3 is 11.9 Å². The summed E-state index contributed by atoms with van der Waals surface area (Å²) in [6, 6.07) is 10.9. The first-order valence-corrected chi connectivity index (χ1v) is 11.2. The Morgan fingerprint density at radius 3 is 2.29 bits per heavy atom. The van der Waals surface area contributed by atoms with Gasteiger partial charge in [0, 0.05) is 13.0 Å². The van der Waals surface area contributed by atoms with Gasteiger partial charge in [-0.2, -0.15) is 0 Å². The Balaban J connectivity index is 2.53. The van der Waals surface area contributed by atoms with Crippen LogP contribution < -0.4 is 9.04 Å². The maximum Gasteiger partial charge on any atom is 0.340 e. The van der Waals surface area contributed by atoms with Gasteiger partial charge in [-0.3, -0.25) is 9.10 Å². The minimum absolute atomic E-state index is 0.0358. The van der Waals surface area contributed by atoms with E-state index in [1.165, 1.54) is 38.5 Å². The molecule has 0 unspecified atom stereocenters. The zero-order valence-electron chi connectivity index (χ0n) is 18.1. The Morgan fingerprint density at radius 1 is 1.03 bits per heavy atom. The fraction of sp³-hybridized carbons (Fsp3) is 0.364. The van der Waals surface area contributed by atoms with Crippen LogP contribution >= 0.6 is 0 Å². The van der Waals surface area contributed by atoms with E-state index in [0.29, 0.717) is 5.75 Å². The number of methoxy groups -OCH3 is 2. The highest BCUT2D eigenvalue weighted by Gasteiger charge is 2.29. The second kappa shape index (κ2) is 10.8. The molecule has 0 heterocycles. The van der Waals surface area contributed by atoms with Gasteiger partial charge < -0.3 is 14.2 Å². The summed E-state index contributed by atoms with van der Waals surface area (Å²) in [5, 5.41) is 0. The van der Waals surface area contributed by atoms with Crippen LogP contribution in [0.25, 0.3) is 0 Å². The summed E-state index contributed by atoms with van der Waals surface area (Å²) in [6.45, 7) is 3.76. The number of carbonyl (C=O) groups is 2. The van der Waals surface area contributed by atoms with Crippen LogP contribution in [0.15, 0.2) is 47.4 Å². The van der Waals surface area contributed by atoms with E-state index in [9.17, 15) is 18.0 Å². The lowest BCUT2D eigenvalue weighted by Crippen LogP contribution is -2.33. The van der Waals surface area contributed by atoms with Crippen molar-refractivity contribution in [1.82, 2.24) is 0 Å². The van der Waals surface area contributed by atoms with Crippen molar-refractivity contribution in [2.75, 3.05) is 31.7 Å². The number of hydrogen-bond donors (Lipinski definition) is 0. The third kappa shape index (κ3) is 5.97. The summed E-state index contributed by atoms with van der Waals surface area (Å²) in [7, 11) is -1.38.